The van der Waals surface area contributed by atoms with Crippen molar-refractivity contribution in [3.05, 3.63) is 26.4 Å². The maximum atomic E-state index is 11.5. The summed E-state index contributed by atoms with van der Waals surface area (Å²) in [5.74, 6) is -0.335. The predicted molar refractivity (Wildman–Crippen MR) is 65.9 cm³/mol. The number of H-pyrrole nitrogens is 1. The lowest BCUT2D eigenvalue weighted by Crippen LogP contribution is -2.35. The van der Waals surface area contributed by atoms with Gasteiger partial charge in [-0.25, -0.2) is 4.79 Å². The van der Waals surface area contributed by atoms with Crippen LogP contribution in [-0.4, -0.2) is 30.4 Å². The van der Waals surface area contributed by atoms with Crippen molar-refractivity contribution in [3.8, 4) is 5.88 Å². The van der Waals surface area contributed by atoms with Crippen molar-refractivity contribution in [2.75, 3.05) is 6.26 Å². The Hall–Kier alpha value is -1.37. The first-order valence-electron chi connectivity index (χ1n) is 5.25. The molecule has 6 nitrogen and oxygen atoms in total. The van der Waals surface area contributed by atoms with Crippen LogP contribution >= 0.6 is 0 Å². The van der Waals surface area contributed by atoms with E-state index < -0.39 is 22.0 Å². The molecule has 0 aliphatic rings. The Bertz CT molecular complexity index is 546. The monoisotopic (exact) mass is 260 g/mol. The Morgan fingerprint density at radius 1 is 1.47 bits per heavy atom. The molecule has 0 fully saturated rings. The highest BCUT2D eigenvalue weighted by molar-refractivity contribution is 7.84. The van der Waals surface area contributed by atoms with E-state index in [9.17, 15) is 18.9 Å². The van der Waals surface area contributed by atoms with Gasteiger partial charge in [0.05, 0.1) is 5.56 Å². The van der Waals surface area contributed by atoms with E-state index in [4.69, 9.17) is 0 Å². The van der Waals surface area contributed by atoms with Crippen LogP contribution in [0.25, 0.3) is 0 Å². The van der Waals surface area contributed by atoms with Gasteiger partial charge in [0, 0.05) is 28.9 Å². The zero-order valence-electron chi connectivity index (χ0n) is 10.0. The highest BCUT2D eigenvalue weighted by Gasteiger charge is 2.15. The van der Waals surface area contributed by atoms with Crippen molar-refractivity contribution >= 4 is 10.8 Å². The standard InChI is InChI=1S/C10H16N2O4S/c1-4-7-8(13)11-10(15)12(9(7)14)5-6(2)17(3)16/h6,14H,4-5H2,1-3H3,(H,11,13,15). The molecule has 0 amide bonds. The fourth-order valence-electron chi connectivity index (χ4n) is 1.45. The van der Waals surface area contributed by atoms with Gasteiger partial charge < -0.3 is 5.11 Å². The van der Waals surface area contributed by atoms with Crippen molar-refractivity contribution in [2.45, 2.75) is 32.1 Å². The first-order valence-corrected chi connectivity index (χ1v) is 6.87. The number of aromatic hydroxyl groups is 1. The van der Waals surface area contributed by atoms with Crippen LogP contribution in [-0.2, 0) is 23.8 Å². The van der Waals surface area contributed by atoms with Gasteiger partial charge in [-0.1, -0.05) is 6.92 Å². The van der Waals surface area contributed by atoms with Crippen molar-refractivity contribution < 1.29 is 9.32 Å². The summed E-state index contributed by atoms with van der Waals surface area (Å²) in [6, 6.07) is 0. The van der Waals surface area contributed by atoms with E-state index in [0.717, 1.165) is 4.57 Å². The molecule has 0 aliphatic heterocycles. The Balaban J connectivity index is 3.30. The molecule has 1 rings (SSSR count). The predicted octanol–water partition coefficient (Wildman–Crippen LogP) is -0.428. The zero-order chi connectivity index (χ0) is 13.2. The summed E-state index contributed by atoms with van der Waals surface area (Å²) in [6.07, 6.45) is 1.85. The molecule has 96 valence electrons. The van der Waals surface area contributed by atoms with E-state index in [0.29, 0.717) is 6.42 Å². The molecular formula is C10H16N2O4S. The van der Waals surface area contributed by atoms with E-state index in [1.807, 2.05) is 0 Å². The summed E-state index contributed by atoms with van der Waals surface area (Å²) >= 11 is 0. The number of nitrogens with zero attached hydrogens (tertiary/aromatic N) is 1. The van der Waals surface area contributed by atoms with Gasteiger partial charge in [-0.2, -0.15) is 0 Å². The number of hydrogen-bond donors (Lipinski definition) is 2. The second kappa shape index (κ2) is 5.31. The van der Waals surface area contributed by atoms with Crippen LogP contribution in [0, 0.1) is 0 Å². The molecule has 0 bridgehead atoms. The molecule has 7 heteroatoms. The lowest BCUT2D eigenvalue weighted by atomic mass is 10.2. The molecule has 0 aliphatic carbocycles. The highest BCUT2D eigenvalue weighted by atomic mass is 32.2. The summed E-state index contributed by atoms with van der Waals surface area (Å²) in [5, 5.41) is 9.54. The number of rotatable bonds is 4. The fourth-order valence-corrected chi connectivity index (χ4v) is 1.81. The summed E-state index contributed by atoms with van der Waals surface area (Å²) in [4.78, 5) is 25.0. The van der Waals surface area contributed by atoms with Gasteiger partial charge in [-0.15, -0.1) is 0 Å². The molecule has 1 aromatic rings. The minimum atomic E-state index is -1.10. The molecule has 2 N–H and O–H groups in total. The van der Waals surface area contributed by atoms with Crippen molar-refractivity contribution in [2.24, 2.45) is 0 Å². The highest BCUT2D eigenvalue weighted by Crippen LogP contribution is 2.11. The topological polar surface area (TPSA) is 92.2 Å². The molecule has 1 heterocycles. The average molecular weight is 260 g/mol. The Morgan fingerprint density at radius 2 is 2.06 bits per heavy atom. The molecule has 0 radical (unpaired) electrons. The molecule has 0 aromatic carbocycles. The maximum absolute atomic E-state index is 11.5. The largest absolute Gasteiger partial charge is 0.494 e. The van der Waals surface area contributed by atoms with E-state index in [2.05, 4.69) is 4.98 Å². The molecule has 0 spiro atoms. The number of aromatic nitrogens is 2. The summed E-state index contributed by atoms with van der Waals surface area (Å²) in [7, 11) is -1.10. The van der Waals surface area contributed by atoms with Crippen LogP contribution in [0.4, 0.5) is 0 Å². The number of nitrogens with one attached hydrogen (secondary N) is 1. The van der Waals surface area contributed by atoms with Crippen LogP contribution in [0.2, 0.25) is 0 Å². The van der Waals surface area contributed by atoms with Gasteiger partial charge in [0.15, 0.2) is 0 Å². The molecule has 2 unspecified atom stereocenters. The van der Waals surface area contributed by atoms with E-state index in [1.165, 1.54) is 6.26 Å². The van der Waals surface area contributed by atoms with Crippen LogP contribution in [0.3, 0.4) is 0 Å². The van der Waals surface area contributed by atoms with Crippen molar-refractivity contribution in [1.29, 1.82) is 0 Å². The second-order valence-corrected chi connectivity index (χ2v) is 5.64. The molecule has 0 saturated carbocycles. The van der Waals surface area contributed by atoms with Crippen LogP contribution < -0.4 is 11.2 Å². The third kappa shape index (κ3) is 2.85. The van der Waals surface area contributed by atoms with Crippen LogP contribution in [0.15, 0.2) is 9.59 Å². The van der Waals surface area contributed by atoms with Gasteiger partial charge in [0.2, 0.25) is 5.88 Å². The number of aromatic amines is 1. The average Bonchev–Trinajstić information content (AvgIpc) is 2.24. The lowest BCUT2D eigenvalue weighted by Gasteiger charge is -2.13. The summed E-state index contributed by atoms with van der Waals surface area (Å²) in [5.41, 5.74) is -1.09. The smallest absolute Gasteiger partial charge is 0.331 e. The molecular weight excluding hydrogens is 244 g/mol. The van der Waals surface area contributed by atoms with Gasteiger partial charge in [0.1, 0.15) is 0 Å². The molecule has 17 heavy (non-hydrogen) atoms. The van der Waals surface area contributed by atoms with E-state index in [1.54, 1.807) is 13.8 Å². The molecule has 0 saturated heterocycles. The lowest BCUT2D eigenvalue weighted by molar-refractivity contribution is 0.392. The minimum absolute atomic E-state index is 0.109. The Morgan fingerprint density at radius 3 is 2.53 bits per heavy atom. The third-order valence-electron chi connectivity index (χ3n) is 2.63. The van der Waals surface area contributed by atoms with Gasteiger partial charge in [0.25, 0.3) is 5.56 Å². The first kappa shape index (κ1) is 13.7. The van der Waals surface area contributed by atoms with Crippen LogP contribution in [0.5, 0.6) is 5.88 Å². The third-order valence-corrected chi connectivity index (χ3v) is 3.91. The summed E-state index contributed by atoms with van der Waals surface area (Å²) < 4.78 is 12.3. The SMILES string of the molecule is CCc1c(O)n(CC(C)S(C)=O)c(=O)[nH]c1=O. The minimum Gasteiger partial charge on any atom is -0.494 e. The van der Waals surface area contributed by atoms with Gasteiger partial charge in [-0.05, 0) is 13.3 Å². The first-order chi connectivity index (χ1) is 7.88. The Labute approximate surface area is 101 Å². The van der Waals surface area contributed by atoms with E-state index in [-0.39, 0.29) is 23.2 Å². The number of hydrogen-bond acceptors (Lipinski definition) is 4. The van der Waals surface area contributed by atoms with Crippen molar-refractivity contribution in [1.82, 2.24) is 9.55 Å². The maximum Gasteiger partial charge on any atom is 0.331 e. The van der Waals surface area contributed by atoms with Crippen molar-refractivity contribution in [3.63, 3.8) is 0 Å². The molecule has 1 aromatic heterocycles. The van der Waals surface area contributed by atoms with Gasteiger partial charge in [-0.3, -0.25) is 18.6 Å². The normalized spacial score (nSPS) is 14.5. The fraction of sp³-hybridized carbons (Fsp3) is 0.600. The van der Waals surface area contributed by atoms with Crippen LogP contribution in [0.1, 0.15) is 19.4 Å². The molecule has 2 atom stereocenters. The zero-order valence-corrected chi connectivity index (χ0v) is 10.8. The Kier molecular flexibility index (Phi) is 4.28. The second-order valence-electron chi connectivity index (χ2n) is 3.83. The summed E-state index contributed by atoms with van der Waals surface area (Å²) in [6.45, 7) is 3.52. The van der Waals surface area contributed by atoms with E-state index >= 15 is 0 Å². The van der Waals surface area contributed by atoms with Gasteiger partial charge >= 0.3 is 5.69 Å². The quantitative estimate of drug-likeness (QED) is 0.768.